The van der Waals surface area contributed by atoms with E-state index < -0.39 is 27.9 Å². The number of hydrogen-bond acceptors (Lipinski definition) is 3. The maximum absolute atomic E-state index is 12.8. The summed E-state index contributed by atoms with van der Waals surface area (Å²) in [6, 6.07) is 5.63. The number of aromatic nitrogens is 2. The molecule has 0 fully saturated rings. The van der Waals surface area contributed by atoms with E-state index >= 15 is 0 Å². The molecule has 9 heteroatoms. The highest BCUT2D eigenvalue weighted by Crippen LogP contribution is 2.36. The van der Waals surface area contributed by atoms with Gasteiger partial charge in [0.25, 0.3) is 5.91 Å². The zero-order valence-electron chi connectivity index (χ0n) is 10.6. The molecule has 0 bridgehead atoms. The quantitative estimate of drug-likeness (QED) is 0.861. The highest BCUT2D eigenvalue weighted by atomic mass is 79.9. The van der Waals surface area contributed by atoms with Crippen LogP contribution >= 0.6 is 15.9 Å². The molecule has 0 radical (unpaired) electrons. The fourth-order valence-electron chi connectivity index (χ4n) is 1.73. The van der Waals surface area contributed by atoms with E-state index in [0.717, 1.165) is 7.05 Å². The lowest BCUT2D eigenvalue weighted by Gasteiger charge is -2.06. The van der Waals surface area contributed by atoms with Crippen LogP contribution < -0.4 is 5.32 Å². The number of benzene rings is 1. The van der Waals surface area contributed by atoms with Crippen LogP contribution in [0.15, 0.2) is 28.7 Å². The van der Waals surface area contributed by atoms with Gasteiger partial charge < -0.3 is 10.4 Å². The van der Waals surface area contributed by atoms with E-state index in [9.17, 15) is 23.1 Å². The molecule has 1 heterocycles. The fourth-order valence-corrected chi connectivity index (χ4v) is 2.47. The summed E-state index contributed by atoms with van der Waals surface area (Å²) >= 11 is 2.75. The van der Waals surface area contributed by atoms with Crippen molar-refractivity contribution in [3.8, 4) is 5.75 Å². The standard InChI is InChI=1S/C12H9BrF3N3O2/c1-19-10(12(14,15)16)8(13)9(18-19)11(21)17-6-3-2-4-7(20)5-6/h2-5,20H,1H3,(H,17,21). The molecule has 112 valence electrons. The van der Waals surface area contributed by atoms with Crippen molar-refractivity contribution >= 4 is 27.5 Å². The Balaban J connectivity index is 2.33. The van der Waals surface area contributed by atoms with Gasteiger partial charge in [-0.15, -0.1) is 0 Å². The average Bonchev–Trinajstić information content (AvgIpc) is 2.64. The minimum atomic E-state index is -4.63. The van der Waals surface area contributed by atoms with Crippen LogP contribution in [0.1, 0.15) is 16.2 Å². The van der Waals surface area contributed by atoms with Gasteiger partial charge in [-0.05, 0) is 28.1 Å². The number of amides is 1. The number of hydrogen-bond donors (Lipinski definition) is 2. The second-order valence-corrected chi connectivity index (χ2v) is 4.93. The molecule has 0 saturated heterocycles. The summed E-state index contributed by atoms with van der Waals surface area (Å²) < 4.78 is 38.6. The largest absolute Gasteiger partial charge is 0.508 e. The summed E-state index contributed by atoms with van der Waals surface area (Å²) in [5, 5.41) is 15.2. The average molecular weight is 364 g/mol. The molecule has 0 atom stereocenters. The first-order valence-corrected chi connectivity index (χ1v) is 6.39. The van der Waals surface area contributed by atoms with E-state index in [-0.39, 0.29) is 11.4 Å². The number of nitrogens with zero attached hydrogens (tertiary/aromatic N) is 2. The van der Waals surface area contributed by atoms with Crippen molar-refractivity contribution in [1.29, 1.82) is 0 Å². The topological polar surface area (TPSA) is 67.2 Å². The zero-order valence-corrected chi connectivity index (χ0v) is 12.2. The minimum Gasteiger partial charge on any atom is -0.508 e. The van der Waals surface area contributed by atoms with Crippen molar-refractivity contribution in [3.63, 3.8) is 0 Å². The number of nitrogens with one attached hydrogen (secondary N) is 1. The molecule has 0 spiro atoms. The number of anilines is 1. The molecule has 2 rings (SSSR count). The predicted molar refractivity (Wildman–Crippen MR) is 72.0 cm³/mol. The number of aromatic hydroxyl groups is 1. The lowest BCUT2D eigenvalue weighted by Crippen LogP contribution is -2.13. The molecule has 2 N–H and O–H groups in total. The first-order chi connectivity index (χ1) is 9.70. The molecule has 1 aromatic carbocycles. The third-order valence-electron chi connectivity index (χ3n) is 2.58. The van der Waals surface area contributed by atoms with E-state index in [1.54, 1.807) is 0 Å². The molecule has 21 heavy (non-hydrogen) atoms. The van der Waals surface area contributed by atoms with Crippen LogP contribution in [0.5, 0.6) is 5.75 Å². The van der Waals surface area contributed by atoms with Gasteiger partial charge in [-0.2, -0.15) is 18.3 Å². The number of aryl methyl sites for hydroxylation is 1. The molecule has 0 aliphatic heterocycles. The third kappa shape index (κ3) is 3.18. The first kappa shape index (κ1) is 15.4. The van der Waals surface area contributed by atoms with E-state index in [2.05, 4.69) is 26.3 Å². The Morgan fingerprint density at radius 2 is 2.10 bits per heavy atom. The zero-order chi connectivity index (χ0) is 15.8. The Morgan fingerprint density at radius 3 is 2.62 bits per heavy atom. The van der Waals surface area contributed by atoms with Gasteiger partial charge in [0.1, 0.15) is 5.75 Å². The van der Waals surface area contributed by atoms with Crippen LogP contribution in [0.4, 0.5) is 18.9 Å². The van der Waals surface area contributed by atoms with Crippen molar-refractivity contribution in [1.82, 2.24) is 9.78 Å². The Morgan fingerprint density at radius 1 is 1.43 bits per heavy atom. The molecule has 0 saturated carbocycles. The lowest BCUT2D eigenvalue weighted by atomic mass is 10.3. The molecule has 1 aromatic heterocycles. The van der Waals surface area contributed by atoms with Crippen molar-refractivity contribution in [2.24, 2.45) is 7.05 Å². The van der Waals surface area contributed by atoms with Gasteiger partial charge in [-0.3, -0.25) is 9.48 Å². The SMILES string of the molecule is Cn1nc(C(=O)Nc2cccc(O)c2)c(Br)c1C(F)(F)F. The van der Waals surface area contributed by atoms with E-state index in [1.807, 2.05) is 0 Å². The highest BCUT2D eigenvalue weighted by Gasteiger charge is 2.39. The summed E-state index contributed by atoms with van der Waals surface area (Å²) in [7, 11) is 1.10. The molecular formula is C12H9BrF3N3O2. The van der Waals surface area contributed by atoms with Crippen LogP contribution in [0, 0.1) is 0 Å². The predicted octanol–water partition coefficient (Wildman–Crippen LogP) is 3.16. The van der Waals surface area contributed by atoms with Gasteiger partial charge in [0, 0.05) is 18.8 Å². The monoisotopic (exact) mass is 363 g/mol. The Kier molecular flexibility index (Phi) is 3.95. The first-order valence-electron chi connectivity index (χ1n) is 5.60. The maximum atomic E-state index is 12.8. The number of halogens is 4. The number of phenolic OH excluding ortho intramolecular Hbond substituents is 1. The number of phenols is 1. The number of alkyl halides is 3. The lowest BCUT2D eigenvalue weighted by molar-refractivity contribution is -0.144. The summed E-state index contributed by atoms with van der Waals surface area (Å²) in [5.74, 6) is -0.901. The van der Waals surface area contributed by atoms with Crippen LogP contribution in [0.2, 0.25) is 0 Å². The highest BCUT2D eigenvalue weighted by molar-refractivity contribution is 9.10. The van der Waals surface area contributed by atoms with E-state index in [0.29, 0.717) is 4.68 Å². The van der Waals surface area contributed by atoms with Gasteiger partial charge in [0.05, 0.1) is 4.47 Å². The molecule has 0 unspecified atom stereocenters. The summed E-state index contributed by atoms with van der Waals surface area (Å²) in [6.07, 6.45) is -4.63. The van der Waals surface area contributed by atoms with Gasteiger partial charge >= 0.3 is 6.18 Å². The number of carbonyl (C=O) groups excluding carboxylic acids is 1. The van der Waals surface area contributed by atoms with Crippen LogP contribution in [0.25, 0.3) is 0 Å². The van der Waals surface area contributed by atoms with Crippen molar-refractivity contribution in [2.45, 2.75) is 6.18 Å². The van der Waals surface area contributed by atoms with Gasteiger partial charge in [-0.1, -0.05) is 6.07 Å². The van der Waals surface area contributed by atoms with Gasteiger partial charge in [-0.25, -0.2) is 0 Å². The smallest absolute Gasteiger partial charge is 0.434 e. The number of rotatable bonds is 2. The summed E-state index contributed by atoms with van der Waals surface area (Å²) in [5.41, 5.74) is -1.21. The molecule has 0 aliphatic carbocycles. The minimum absolute atomic E-state index is 0.0798. The normalized spacial score (nSPS) is 11.5. The van der Waals surface area contributed by atoms with Crippen LogP contribution in [-0.2, 0) is 13.2 Å². The summed E-state index contributed by atoms with van der Waals surface area (Å²) in [6.45, 7) is 0. The Bertz CT molecular complexity index is 698. The molecule has 0 aliphatic rings. The number of carbonyl (C=O) groups is 1. The van der Waals surface area contributed by atoms with Crippen molar-refractivity contribution < 1.29 is 23.1 Å². The molecule has 1 amide bonds. The Hall–Kier alpha value is -2.03. The van der Waals surface area contributed by atoms with Gasteiger partial charge in [0.2, 0.25) is 0 Å². The second kappa shape index (κ2) is 5.40. The second-order valence-electron chi connectivity index (χ2n) is 4.14. The Labute approximate surface area is 125 Å². The fraction of sp³-hybridized carbons (Fsp3) is 0.167. The van der Waals surface area contributed by atoms with Crippen LogP contribution in [0.3, 0.4) is 0 Å². The van der Waals surface area contributed by atoms with Crippen LogP contribution in [-0.4, -0.2) is 20.8 Å². The van der Waals surface area contributed by atoms with Gasteiger partial charge in [0.15, 0.2) is 11.4 Å². The van der Waals surface area contributed by atoms with E-state index in [4.69, 9.17) is 0 Å². The molecule has 5 nitrogen and oxygen atoms in total. The maximum Gasteiger partial charge on any atom is 0.434 e. The molecule has 2 aromatic rings. The third-order valence-corrected chi connectivity index (χ3v) is 3.33. The van der Waals surface area contributed by atoms with Crippen molar-refractivity contribution in [2.75, 3.05) is 5.32 Å². The van der Waals surface area contributed by atoms with E-state index in [1.165, 1.54) is 24.3 Å². The molecular weight excluding hydrogens is 355 g/mol. The summed E-state index contributed by atoms with van der Waals surface area (Å²) in [4.78, 5) is 12.0. The van der Waals surface area contributed by atoms with Crippen molar-refractivity contribution in [3.05, 3.63) is 40.1 Å².